The summed E-state index contributed by atoms with van der Waals surface area (Å²) in [6, 6.07) is 12.6. The molecule has 1 fully saturated rings. The highest BCUT2D eigenvalue weighted by Crippen LogP contribution is 2.31. The van der Waals surface area contributed by atoms with Crippen LogP contribution in [0.15, 0.2) is 42.5 Å². The van der Waals surface area contributed by atoms with Crippen molar-refractivity contribution in [1.82, 2.24) is 15.1 Å². The van der Waals surface area contributed by atoms with Crippen molar-refractivity contribution >= 4 is 6.03 Å². The Balaban J connectivity index is 1.20. The number of urea groups is 1. The van der Waals surface area contributed by atoms with Gasteiger partial charge in [0.1, 0.15) is 6.61 Å². The number of benzene rings is 2. The molecule has 8 heteroatoms. The van der Waals surface area contributed by atoms with Gasteiger partial charge < -0.3 is 24.4 Å². The standard InChI is InChI=1S/C24H30FN3O4/c1-27(15-19-16-31-22-5-3-4-6-23(22)32-19)24(29)26-18-9-11-28(12-10-18)14-17-7-8-21(30-2)20(25)13-17/h3-8,13,18-19H,9-12,14-16H2,1-2H3,(H,26,29). The summed E-state index contributed by atoms with van der Waals surface area (Å²) in [6.07, 6.45) is 1.51. The number of piperidine rings is 1. The molecule has 0 spiro atoms. The molecule has 0 radical (unpaired) electrons. The fourth-order valence-corrected chi connectivity index (χ4v) is 4.13. The summed E-state index contributed by atoms with van der Waals surface area (Å²) in [6.45, 7) is 3.24. The van der Waals surface area contributed by atoms with Gasteiger partial charge in [-0.25, -0.2) is 9.18 Å². The quantitative estimate of drug-likeness (QED) is 0.743. The van der Waals surface area contributed by atoms with Gasteiger partial charge in [-0.1, -0.05) is 18.2 Å². The lowest BCUT2D eigenvalue weighted by atomic mass is 10.0. The largest absolute Gasteiger partial charge is 0.494 e. The Morgan fingerprint density at radius 1 is 1.22 bits per heavy atom. The number of halogens is 1. The first-order chi connectivity index (χ1) is 15.5. The number of nitrogens with one attached hydrogen (secondary N) is 1. The Bertz CT molecular complexity index is 933. The number of carbonyl (C=O) groups is 1. The van der Waals surface area contributed by atoms with E-state index in [4.69, 9.17) is 14.2 Å². The number of hydrogen-bond acceptors (Lipinski definition) is 5. The van der Waals surface area contributed by atoms with Crippen LogP contribution in [0.3, 0.4) is 0 Å². The monoisotopic (exact) mass is 443 g/mol. The molecule has 1 N–H and O–H groups in total. The molecule has 0 bridgehead atoms. The number of methoxy groups -OCH3 is 1. The average Bonchev–Trinajstić information content (AvgIpc) is 2.80. The van der Waals surface area contributed by atoms with Crippen molar-refractivity contribution in [1.29, 1.82) is 0 Å². The molecular formula is C24H30FN3O4. The lowest BCUT2D eigenvalue weighted by Gasteiger charge is -2.34. The van der Waals surface area contributed by atoms with Gasteiger partial charge in [0, 0.05) is 32.7 Å². The van der Waals surface area contributed by atoms with Crippen LogP contribution in [-0.2, 0) is 6.54 Å². The third kappa shape index (κ3) is 5.43. The lowest BCUT2D eigenvalue weighted by molar-refractivity contribution is 0.0707. The maximum atomic E-state index is 13.9. The number of fused-ring (bicyclic) bond motifs is 1. The molecule has 2 heterocycles. The fourth-order valence-electron chi connectivity index (χ4n) is 4.13. The predicted octanol–water partition coefficient (Wildman–Crippen LogP) is 3.28. The summed E-state index contributed by atoms with van der Waals surface area (Å²) in [5, 5.41) is 3.12. The first-order valence-corrected chi connectivity index (χ1v) is 11.0. The van der Waals surface area contributed by atoms with E-state index in [1.165, 1.54) is 13.2 Å². The van der Waals surface area contributed by atoms with Crippen molar-refractivity contribution in [2.24, 2.45) is 0 Å². The van der Waals surface area contributed by atoms with Gasteiger partial charge in [0.25, 0.3) is 0 Å². The summed E-state index contributed by atoms with van der Waals surface area (Å²) >= 11 is 0. The average molecular weight is 444 g/mol. The van der Waals surface area contributed by atoms with Crippen LogP contribution in [0.25, 0.3) is 0 Å². The number of likely N-dealkylation sites (tertiary alicyclic amines) is 1. The predicted molar refractivity (Wildman–Crippen MR) is 119 cm³/mol. The Hall–Kier alpha value is -3.00. The van der Waals surface area contributed by atoms with E-state index in [1.54, 1.807) is 18.0 Å². The van der Waals surface area contributed by atoms with Crippen molar-refractivity contribution < 1.29 is 23.4 Å². The van der Waals surface area contributed by atoms with E-state index in [-0.39, 0.29) is 29.7 Å². The molecule has 2 aromatic carbocycles. The van der Waals surface area contributed by atoms with Crippen molar-refractivity contribution in [2.45, 2.75) is 31.5 Å². The van der Waals surface area contributed by atoms with E-state index in [0.717, 1.165) is 37.2 Å². The number of amides is 2. The van der Waals surface area contributed by atoms with E-state index < -0.39 is 0 Å². The molecule has 1 atom stereocenters. The van der Waals surface area contributed by atoms with Crippen molar-refractivity contribution in [2.75, 3.05) is 40.4 Å². The first kappa shape index (κ1) is 22.2. The first-order valence-electron chi connectivity index (χ1n) is 11.0. The van der Waals surface area contributed by atoms with Gasteiger partial charge in [0.05, 0.1) is 13.7 Å². The van der Waals surface area contributed by atoms with E-state index in [9.17, 15) is 9.18 Å². The van der Waals surface area contributed by atoms with Gasteiger partial charge in [-0.15, -0.1) is 0 Å². The molecule has 2 aromatic rings. The second kappa shape index (κ2) is 10.1. The van der Waals surface area contributed by atoms with Crippen LogP contribution >= 0.6 is 0 Å². The molecule has 1 saturated heterocycles. The van der Waals surface area contributed by atoms with Gasteiger partial charge >= 0.3 is 6.03 Å². The maximum absolute atomic E-state index is 13.9. The number of carbonyl (C=O) groups excluding carboxylic acids is 1. The van der Waals surface area contributed by atoms with E-state index in [0.29, 0.717) is 25.4 Å². The Kier molecular flexibility index (Phi) is 6.99. The normalized spacial score (nSPS) is 18.8. The number of para-hydroxylation sites is 2. The molecule has 172 valence electrons. The zero-order valence-corrected chi connectivity index (χ0v) is 18.6. The maximum Gasteiger partial charge on any atom is 0.317 e. The summed E-state index contributed by atoms with van der Waals surface area (Å²) < 4.78 is 30.6. The van der Waals surface area contributed by atoms with Gasteiger partial charge in [0.15, 0.2) is 29.2 Å². The van der Waals surface area contributed by atoms with Crippen LogP contribution in [0.1, 0.15) is 18.4 Å². The molecule has 2 amide bonds. The third-order valence-electron chi connectivity index (χ3n) is 5.93. The number of likely N-dealkylation sites (N-methyl/N-ethyl adjacent to an activating group) is 1. The summed E-state index contributed by atoms with van der Waals surface area (Å²) in [5.74, 6) is 1.36. The lowest BCUT2D eigenvalue weighted by Crippen LogP contribution is -2.50. The molecule has 32 heavy (non-hydrogen) atoms. The molecule has 2 aliphatic rings. The summed E-state index contributed by atoms with van der Waals surface area (Å²) in [4.78, 5) is 16.6. The van der Waals surface area contributed by atoms with Crippen LogP contribution in [-0.4, -0.2) is 68.4 Å². The molecule has 0 aliphatic carbocycles. The molecule has 1 unspecified atom stereocenters. The highest BCUT2D eigenvalue weighted by atomic mass is 19.1. The van der Waals surface area contributed by atoms with Crippen molar-refractivity contribution in [3.63, 3.8) is 0 Å². The second-order valence-electron chi connectivity index (χ2n) is 8.35. The zero-order valence-electron chi connectivity index (χ0n) is 18.6. The van der Waals surface area contributed by atoms with E-state index >= 15 is 0 Å². The van der Waals surface area contributed by atoms with Crippen molar-refractivity contribution in [3.05, 3.63) is 53.8 Å². The van der Waals surface area contributed by atoms with Crippen LogP contribution in [0, 0.1) is 5.82 Å². The minimum absolute atomic E-state index is 0.108. The highest BCUT2D eigenvalue weighted by molar-refractivity contribution is 5.74. The SMILES string of the molecule is COc1ccc(CN2CCC(NC(=O)N(C)CC3COc4ccccc4O3)CC2)cc1F. The van der Waals surface area contributed by atoms with Crippen LogP contribution in [0.4, 0.5) is 9.18 Å². The van der Waals surface area contributed by atoms with Crippen LogP contribution < -0.4 is 19.5 Å². The Morgan fingerprint density at radius 2 is 1.97 bits per heavy atom. The highest BCUT2D eigenvalue weighted by Gasteiger charge is 2.26. The molecule has 4 rings (SSSR count). The number of rotatable bonds is 6. The second-order valence-corrected chi connectivity index (χ2v) is 8.35. The van der Waals surface area contributed by atoms with Gasteiger partial charge in [-0.3, -0.25) is 4.90 Å². The van der Waals surface area contributed by atoms with Crippen molar-refractivity contribution in [3.8, 4) is 17.2 Å². The van der Waals surface area contributed by atoms with Gasteiger partial charge in [0.2, 0.25) is 0 Å². The fraction of sp³-hybridized carbons (Fsp3) is 0.458. The van der Waals surface area contributed by atoms with Gasteiger partial charge in [-0.05, 0) is 42.7 Å². The van der Waals surface area contributed by atoms with E-state index in [2.05, 4.69) is 10.2 Å². The number of hydrogen-bond donors (Lipinski definition) is 1. The third-order valence-corrected chi connectivity index (χ3v) is 5.93. The number of ether oxygens (including phenoxy) is 3. The van der Waals surface area contributed by atoms with Gasteiger partial charge in [-0.2, -0.15) is 0 Å². The summed E-state index contributed by atoms with van der Waals surface area (Å²) in [5.41, 5.74) is 0.918. The molecule has 2 aliphatic heterocycles. The molecule has 0 saturated carbocycles. The van der Waals surface area contributed by atoms with Crippen LogP contribution in [0.2, 0.25) is 0 Å². The summed E-state index contributed by atoms with van der Waals surface area (Å²) in [7, 11) is 3.23. The Labute approximate surface area is 188 Å². The Morgan fingerprint density at radius 3 is 2.69 bits per heavy atom. The smallest absolute Gasteiger partial charge is 0.317 e. The number of nitrogens with zero attached hydrogens (tertiary/aromatic N) is 2. The minimum Gasteiger partial charge on any atom is -0.494 e. The zero-order chi connectivity index (χ0) is 22.5. The topological polar surface area (TPSA) is 63.3 Å². The molecular weight excluding hydrogens is 413 g/mol. The molecule has 7 nitrogen and oxygen atoms in total. The van der Waals surface area contributed by atoms with Crippen LogP contribution in [0.5, 0.6) is 17.2 Å². The minimum atomic E-state index is -0.342. The molecule has 0 aromatic heterocycles. The van der Waals surface area contributed by atoms with E-state index in [1.807, 2.05) is 30.3 Å².